The van der Waals surface area contributed by atoms with Gasteiger partial charge in [0.25, 0.3) is 0 Å². The van der Waals surface area contributed by atoms with Crippen LogP contribution in [0.15, 0.2) is 53.7 Å². The molecule has 0 aliphatic carbocycles. The van der Waals surface area contributed by atoms with Gasteiger partial charge in [0.2, 0.25) is 5.88 Å². The summed E-state index contributed by atoms with van der Waals surface area (Å²) in [5.41, 5.74) is 2.86. The van der Waals surface area contributed by atoms with Gasteiger partial charge in [-0.2, -0.15) is 15.0 Å². The Morgan fingerprint density at radius 3 is 2.54 bits per heavy atom. The summed E-state index contributed by atoms with van der Waals surface area (Å²) in [6, 6.07) is 13.9. The molecule has 3 rings (SSSR count). The molecule has 24 heavy (non-hydrogen) atoms. The molecule has 3 aromatic rings. The number of aromatic nitrogens is 3. The van der Waals surface area contributed by atoms with Gasteiger partial charge in [0.05, 0.1) is 31.4 Å². The van der Waals surface area contributed by atoms with E-state index < -0.39 is 0 Å². The van der Waals surface area contributed by atoms with Crippen LogP contribution in [0.5, 0.6) is 5.88 Å². The highest BCUT2D eigenvalue weighted by atomic mass is 32.2. The molecule has 0 bridgehead atoms. The Bertz CT molecular complexity index is 864. The topological polar surface area (TPSA) is 63.7 Å². The van der Waals surface area contributed by atoms with Gasteiger partial charge in [0.1, 0.15) is 0 Å². The summed E-state index contributed by atoms with van der Waals surface area (Å²) in [7, 11) is 1.62. The second kappa shape index (κ2) is 7.20. The molecule has 2 heterocycles. The van der Waals surface area contributed by atoms with Gasteiger partial charge in [0, 0.05) is 11.1 Å². The summed E-state index contributed by atoms with van der Waals surface area (Å²) in [5, 5.41) is 13.2. The molecule has 5 nitrogen and oxygen atoms in total. The normalized spacial score (nSPS) is 10.4. The van der Waals surface area contributed by atoms with Crippen molar-refractivity contribution in [2.45, 2.75) is 11.3 Å². The molecule has 0 radical (unpaired) electrons. The first-order valence-electron chi connectivity index (χ1n) is 7.35. The molecule has 0 N–H and O–H groups in total. The van der Waals surface area contributed by atoms with Crippen LogP contribution >= 0.6 is 11.8 Å². The molecule has 1 aromatic carbocycles. The molecule has 2 aromatic heterocycles. The fourth-order valence-corrected chi connectivity index (χ4v) is 2.77. The van der Waals surface area contributed by atoms with Crippen molar-refractivity contribution in [1.29, 1.82) is 5.26 Å². The molecule has 0 spiro atoms. The summed E-state index contributed by atoms with van der Waals surface area (Å²) in [4.78, 5) is 5.53. The Balaban J connectivity index is 1.98. The maximum Gasteiger partial charge on any atom is 0.225 e. The van der Waals surface area contributed by atoms with Gasteiger partial charge in [-0.3, -0.25) is 0 Å². The minimum Gasteiger partial charge on any atom is -0.480 e. The maximum absolute atomic E-state index is 8.76. The number of pyridine rings is 1. The van der Waals surface area contributed by atoms with Crippen LogP contribution in [0, 0.1) is 11.3 Å². The summed E-state index contributed by atoms with van der Waals surface area (Å²) in [5.74, 6) is 1.34. The predicted molar refractivity (Wildman–Crippen MR) is 94.4 cm³/mol. The van der Waals surface area contributed by atoms with Gasteiger partial charge < -0.3 is 4.74 Å². The molecule has 0 saturated heterocycles. The smallest absolute Gasteiger partial charge is 0.225 e. The summed E-state index contributed by atoms with van der Waals surface area (Å²) in [6.07, 6.45) is 6.00. The molecule has 0 aliphatic rings. The monoisotopic (exact) mass is 336 g/mol. The van der Waals surface area contributed by atoms with Gasteiger partial charge >= 0.3 is 0 Å². The number of thioether (sulfide) groups is 1. The van der Waals surface area contributed by atoms with Crippen LogP contribution in [0.2, 0.25) is 0 Å². The first-order valence-corrected chi connectivity index (χ1v) is 8.58. The van der Waals surface area contributed by atoms with Crippen LogP contribution in [-0.2, 0) is 6.42 Å². The van der Waals surface area contributed by atoms with E-state index in [9.17, 15) is 0 Å². The van der Waals surface area contributed by atoms with Gasteiger partial charge in [-0.15, -0.1) is 11.8 Å². The summed E-state index contributed by atoms with van der Waals surface area (Å²) >= 11 is 1.64. The lowest BCUT2D eigenvalue weighted by atomic mass is 10.1. The third-order valence-corrected chi connectivity index (χ3v) is 4.35. The number of nitriles is 1. The number of nitrogens with zero attached hydrogens (tertiary/aromatic N) is 4. The van der Waals surface area contributed by atoms with Crippen molar-refractivity contribution in [3.8, 4) is 28.9 Å². The van der Waals surface area contributed by atoms with Crippen LogP contribution in [0.25, 0.3) is 16.9 Å². The van der Waals surface area contributed by atoms with Crippen molar-refractivity contribution in [3.05, 3.63) is 54.4 Å². The van der Waals surface area contributed by atoms with Crippen molar-refractivity contribution >= 4 is 11.8 Å². The largest absolute Gasteiger partial charge is 0.480 e. The van der Waals surface area contributed by atoms with Gasteiger partial charge in [0.15, 0.2) is 5.82 Å². The lowest BCUT2D eigenvalue weighted by molar-refractivity contribution is 0.384. The summed E-state index contributed by atoms with van der Waals surface area (Å²) in [6.45, 7) is 0. The lowest BCUT2D eigenvalue weighted by Crippen LogP contribution is -2.02. The highest BCUT2D eigenvalue weighted by Crippen LogP contribution is 2.31. The maximum atomic E-state index is 8.76. The molecule has 0 aliphatic heterocycles. The number of rotatable bonds is 5. The quantitative estimate of drug-likeness (QED) is 0.664. The Morgan fingerprint density at radius 2 is 1.96 bits per heavy atom. The minimum absolute atomic E-state index is 0.405. The fourth-order valence-electron chi connectivity index (χ4n) is 2.41. The molecule has 0 saturated carbocycles. The molecule has 6 heteroatoms. The Kier molecular flexibility index (Phi) is 4.82. The van der Waals surface area contributed by atoms with Crippen LogP contribution < -0.4 is 4.74 Å². The number of hydrogen-bond donors (Lipinski definition) is 0. The van der Waals surface area contributed by atoms with Crippen LogP contribution in [0.1, 0.15) is 5.56 Å². The van der Waals surface area contributed by atoms with E-state index in [0.29, 0.717) is 18.1 Å². The van der Waals surface area contributed by atoms with Crippen LogP contribution in [0.4, 0.5) is 0 Å². The van der Waals surface area contributed by atoms with Gasteiger partial charge in [-0.05, 0) is 29.5 Å². The molecule has 0 unspecified atom stereocenters. The molecule has 0 amide bonds. The molecular formula is C18H16N4OS. The fraction of sp³-hybridized carbons (Fsp3) is 0.167. The Labute approximate surface area is 144 Å². The first-order chi connectivity index (χ1) is 11.8. The lowest BCUT2D eigenvalue weighted by Gasteiger charge is -2.08. The molecular weight excluding hydrogens is 320 g/mol. The van der Waals surface area contributed by atoms with E-state index in [2.05, 4.69) is 16.2 Å². The zero-order valence-electron chi connectivity index (χ0n) is 13.4. The standard InChI is InChI=1S/C18H16N4OS/c1-23-18-16(14-5-3-13(4-6-14)9-10-19)12-21-22(18)17-8-7-15(24-2)11-20-17/h3-8,11-12H,9H2,1-2H3. The van der Waals surface area contributed by atoms with Gasteiger partial charge in [-0.1, -0.05) is 24.3 Å². The van der Waals surface area contributed by atoms with E-state index >= 15 is 0 Å². The first kappa shape index (κ1) is 16.1. The number of hydrogen-bond acceptors (Lipinski definition) is 5. The van der Waals surface area contributed by atoms with Crippen LogP contribution in [0.3, 0.4) is 0 Å². The van der Waals surface area contributed by atoms with E-state index in [0.717, 1.165) is 21.6 Å². The Morgan fingerprint density at radius 1 is 1.17 bits per heavy atom. The third kappa shape index (κ3) is 3.12. The zero-order valence-corrected chi connectivity index (χ0v) is 14.2. The minimum atomic E-state index is 0.405. The number of methoxy groups -OCH3 is 1. The second-order valence-corrected chi connectivity index (χ2v) is 5.95. The molecule has 0 fully saturated rings. The zero-order chi connectivity index (χ0) is 16.9. The highest BCUT2D eigenvalue weighted by Gasteiger charge is 2.15. The summed E-state index contributed by atoms with van der Waals surface area (Å²) < 4.78 is 7.25. The van der Waals surface area contributed by atoms with E-state index in [-0.39, 0.29) is 0 Å². The van der Waals surface area contributed by atoms with E-state index in [1.54, 1.807) is 29.8 Å². The molecule has 120 valence electrons. The third-order valence-electron chi connectivity index (χ3n) is 3.64. The Hall–Kier alpha value is -2.78. The van der Waals surface area contributed by atoms with E-state index in [4.69, 9.17) is 10.00 Å². The van der Waals surface area contributed by atoms with Gasteiger partial charge in [-0.25, -0.2) is 4.98 Å². The van der Waals surface area contributed by atoms with Crippen molar-refractivity contribution in [3.63, 3.8) is 0 Å². The number of ether oxygens (including phenoxy) is 1. The predicted octanol–water partition coefficient (Wildman–Crippen LogP) is 3.73. The highest BCUT2D eigenvalue weighted by molar-refractivity contribution is 7.98. The van der Waals surface area contributed by atoms with Crippen LogP contribution in [-0.4, -0.2) is 28.1 Å². The number of benzene rings is 1. The van der Waals surface area contributed by atoms with Crippen molar-refractivity contribution < 1.29 is 4.74 Å². The van der Waals surface area contributed by atoms with Crippen molar-refractivity contribution in [1.82, 2.24) is 14.8 Å². The van der Waals surface area contributed by atoms with E-state index in [1.165, 1.54) is 0 Å². The van der Waals surface area contributed by atoms with Crippen molar-refractivity contribution in [2.24, 2.45) is 0 Å². The average Bonchev–Trinajstić information content (AvgIpc) is 3.06. The SMILES string of the molecule is COc1c(-c2ccc(CC#N)cc2)cnn1-c1ccc(SC)cn1. The molecule has 0 atom stereocenters. The average molecular weight is 336 g/mol. The van der Waals surface area contributed by atoms with Crippen molar-refractivity contribution in [2.75, 3.05) is 13.4 Å². The van der Waals surface area contributed by atoms with E-state index in [1.807, 2.05) is 48.9 Å². The second-order valence-electron chi connectivity index (χ2n) is 5.07.